The Morgan fingerprint density at radius 2 is 1.94 bits per heavy atom. The van der Waals surface area contributed by atoms with Gasteiger partial charge in [0.2, 0.25) is 5.43 Å². The maximum Gasteiger partial charge on any atom is 0.274 e. The number of likely N-dealkylation sites (N-methyl/N-ethyl adjacent to an activating group) is 1. The number of aromatic nitrogens is 3. The predicted molar refractivity (Wildman–Crippen MR) is 118 cm³/mol. The van der Waals surface area contributed by atoms with Gasteiger partial charge in [-0.25, -0.2) is 4.39 Å². The summed E-state index contributed by atoms with van der Waals surface area (Å²) in [5, 5.41) is 19.9. The quantitative estimate of drug-likeness (QED) is 0.610. The fourth-order valence-corrected chi connectivity index (χ4v) is 4.91. The predicted octanol–water partition coefficient (Wildman–Crippen LogP) is 2.85. The molecule has 32 heavy (non-hydrogen) atoms. The van der Waals surface area contributed by atoms with Crippen LogP contribution in [0.25, 0.3) is 10.6 Å². The second kappa shape index (κ2) is 8.79. The molecule has 3 aromatic rings. The number of hydrogen-bond donors (Lipinski definition) is 1. The molecule has 10 heteroatoms. The zero-order valence-electron chi connectivity index (χ0n) is 17.9. The smallest absolute Gasteiger partial charge is 0.274 e. The van der Waals surface area contributed by atoms with Gasteiger partial charge in [0, 0.05) is 26.3 Å². The number of carbonyl (C=O) groups excluding carboxylic acids is 1. The van der Waals surface area contributed by atoms with E-state index in [0.29, 0.717) is 29.6 Å². The van der Waals surface area contributed by atoms with E-state index in [1.54, 1.807) is 34.9 Å². The van der Waals surface area contributed by atoms with E-state index < -0.39 is 17.1 Å². The van der Waals surface area contributed by atoms with Crippen LogP contribution in [-0.4, -0.2) is 57.0 Å². The SMILES string of the molecule is CCN1C(=O)c2c(O)c(=O)c(-c3nnc(Cc4ccc(F)cc4)s3)cn2[C@@H](C)[C@@H]1COC. The van der Waals surface area contributed by atoms with Crippen molar-refractivity contribution in [2.75, 3.05) is 20.3 Å². The van der Waals surface area contributed by atoms with Crippen LogP contribution in [0.5, 0.6) is 5.75 Å². The monoisotopic (exact) mass is 458 g/mol. The molecule has 4 rings (SSSR count). The molecule has 0 unspecified atom stereocenters. The van der Waals surface area contributed by atoms with Gasteiger partial charge >= 0.3 is 0 Å². The first-order valence-electron chi connectivity index (χ1n) is 10.2. The van der Waals surface area contributed by atoms with Crippen molar-refractivity contribution in [3.8, 4) is 16.3 Å². The number of aromatic hydroxyl groups is 1. The number of rotatable bonds is 6. The van der Waals surface area contributed by atoms with Crippen LogP contribution in [0.3, 0.4) is 0 Å². The normalized spacial score (nSPS) is 18.1. The van der Waals surface area contributed by atoms with Crippen LogP contribution < -0.4 is 5.43 Å². The fourth-order valence-electron chi connectivity index (χ4n) is 4.03. The molecule has 0 saturated carbocycles. The lowest BCUT2D eigenvalue weighted by molar-refractivity contribution is 0.0328. The molecule has 1 amide bonds. The van der Waals surface area contributed by atoms with Gasteiger partial charge in [0.25, 0.3) is 5.91 Å². The molecular formula is C22H23FN4O4S. The van der Waals surface area contributed by atoms with E-state index >= 15 is 0 Å². The third kappa shape index (κ3) is 3.80. The number of fused-ring (bicyclic) bond motifs is 1. The molecule has 0 saturated heterocycles. The van der Waals surface area contributed by atoms with E-state index in [-0.39, 0.29) is 29.2 Å². The molecule has 1 N–H and O–H groups in total. The lowest BCUT2D eigenvalue weighted by atomic mass is 10.0. The Labute approximate surface area is 187 Å². The van der Waals surface area contributed by atoms with Gasteiger partial charge in [-0.3, -0.25) is 9.59 Å². The second-order valence-corrected chi connectivity index (χ2v) is 8.70. The molecule has 1 aliphatic rings. The van der Waals surface area contributed by atoms with Crippen molar-refractivity contribution < 1.29 is 19.0 Å². The van der Waals surface area contributed by atoms with Gasteiger partial charge in [0.05, 0.1) is 24.3 Å². The van der Waals surface area contributed by atoms with E-state index in [9.17, 15) is 19.1 Å². The Kier molecular flexibility index (Phi) is 6.07. The third-order valence-corrected chi connectivity index (χ3v) is 6.67. The molecule has 0 fully saturated rings. The van der Waals surface area contributed by atoms with Crippen molar-refractivity contribution in [1.82, 2.24) is 19.7 Å². The summed E-state index contributed by atoms with van der Waals surface area (Å²) in [6.07, 6.45) is 2.00. The van der Waals surface area contributed by atoms with Gasteiger partial charge in [0.15, 0.2) is 16.5 Å². The summed E-state index contributed by atoms with van der Waals surface area (Å²) in [6.45, 7) is 4.51. The zero-order chi connectivity index (χ0) is 23.0. The number of pyridine rings is 1. The maximum atomic E-state index is 13.1. The number of methoxy groups -OCH3 is 1. The highest BCUT2D eigenvalue weighted by molar-refractivity contribution is 7.14. The summed E-state index contributed by atoms with van der Waals surface area (Å²) in [6, 6.07) is 5.60. The number of ether oxygens (including phenoxy) is 1. The summed E-state index contributed by atoms with van der Waals surface area (Å²) in [5.41, 5.74) is 0.342. The Hall–Kier alpha value is -3.11. The van der Waals surface area contributed by atoms with Crippen molar-refractivity contribution in [2.24, 2.45) is 0 Å². The van der Waals surface area contributed by atoms with Gasteiger partial charge in [-0.05, 0) is 31.5 Å². The van der Waals surface area contributed by atoms with Crippen molar-refractivity contribution in [2.45, 2.75) is 32.4 Å². The third-order valence-electron chi connectivity index (χ3n) is 5.71. The van der Waals surface area contributed by atoms with Crippen LogP contribution in [0.1, 0.15) is 40.9 Å². The lowest BCUT2D eigenvalue weighted by Gasteiger charge is -2.41. The van der Waals surface area contributed by atoms with Gasteiger partial charge < -0.3 is 19.3 Å². The van der Waals surface area contributed by atoms with E-state index in [0.717, 1.165) is 5.56 Å². The Morgan fingerprint density at radius 3 is 2.59 bits per heavy atom. The Bertz CT molecular complexity index is 1210. The standard InChI is InChI=1S/C22H23FN4O4S/c1-4-26-16(11-31-3)12(2)27-10-15(19(28)20(29)18(27)22(26)30)21-25-24-17(32-21)9-13-5-7-14(23)8-6-13/h5-8,10,12,16,29H,4,9,11H2,1-3H3/t12-,16-/m0/s1. The topological polar surface area (TPSA) is 97.5 Å². The molecule has 2 aromatic heterocycles. The highest BCUT2D eigenvalue weighted by atomic mass is 32.1. The van der Waals surface area contributed by atoms with Crippen molar-refractivity contribution >= 4 is 17.2 Å². The van der Waals surface area contributed by atoms with Crippen molar-refractivity contribution in [1.29, 1.82) is 0 Å². The minimum atomic E-state index is -0.664. The molecule has 0 radical (unpaired) electrons. The minimum Gasteiger partial charge on any atom is -0.503 e. The highest BCUT2D eigenvalue weighted by Gasteiger charge is 2.39. The molecule has 8 nitrogen and oxygen atoms in total. The molecular weight excluding hydrogens is 435 g/mol. The minimum absolute atomic E-state index is 0.0310. The molecule has 0 spiro atoms. The summed E-state index contributed by atoms with van der Waals surface area (Å²) in [7, 11) is 1.57. The largest absolute Gasteiger partial charge is 0.503 e. The molecule has 3 heterocycles. The van der Waals surface area contributed by atoms with Crippen LogP contribution >= 0.6 is 11.3 Å². The van der Waals surface area contributed by atoms with Crippen LogP contribution in [0.4, 0.5) is 4.39 Å². The maximum absolute atomic E-state index is 13.1. The molecule has 2 atom stereocenters. The second-order valence-electron chi connectivity index (χ2n) is 7.64. The average Bonchev–Trinajstić information content (AvgIpc) is 3.23. The first kappa shape index (κ1) is 22.1. The van der Waals surface area contributed by atoms with Gasteiger partial charge in [0.1, 0.15) is 10.8 Å². The number of amides is 1. The first-order valence-corrected chi connectivity index (χ1v) is 11.0. The Balaban J connectivity index is 1.74. The van der Waals surface area contributed by atoms with Gasteiger partial charge in [-0.2, -0.15) is 0 Å². The Morgan fingerprint density at radius 1 is 1.22 bits per heavy atom. The van der Waals surface area contributed by atoms with Gasteiger partial charge in [-0.1, -0.05) is 23.5 Å². The zero-order valence-corrected chi connectivity index (χ0v) is 18.7. The van der Waals surface area contributed by atoms with Gasteiger partial charge in [-0.15, -0.1) is 10.2 Å². The molecule has 0 aliphatic carbocycles. The number of carbonyl (C=O) groups is 1. The van der Waals surface area contributed by atoms with Crippen LogP contribution in [-0.2, 0) is 11.2 Å². The van der Waals surface area contributed by atoms with Crippen LogP contribution in [0.2, 0.25) is 0 Å². The molecule has 1 aliphatic heterocycles. The number of nitrogens with zero attached hydrogens (tertiary/aromatic N) is 4. The molecule has 0 bridgehead atoms. The van der Waals surface area contributed by atoms with Crippen molar-refractivity contribution in [3.05, 3.63) is 62.8 Å². The first-order chi connectivity index (χ1) is 15.3. The summed E-state index contributed by atoms with van der Waals surface area (Å²) in [4.78, 5) is 27.6. The molecule has 168 valence electrons. The lowest BCUT2D eigenvalue weighted by Crippen LogP contribution is -2.52. The van der Waals surface area contributed by atoms with Crippen molar-refractivity contribution in [3.63, 3.8) is 0 Å². The van der Waals surface area contributed by atoms with E-state index in [1.807, 2.05) is 13.8 Å². The van der Waals surface area contributed by atoms with E-state index in [4.69, 9.17) is 4.74 Å². The summed E-state index contributed by atoms with van der Waals surface area (Å²) < 4.78 is 20.1. The van der Waals surface area contributed by atoms with E-state index in [2.05, 4.69) is 10.2 Å². The summed E-state index contributed by atoms with van der Waals surface area (Å²) in [5.74, 6) is -1.33. The average molecular weight is 459 g/mol. The fraction of sp³-hybridized carbons (Fsp3) is 0.364. The number of hydrogen-bond acceptors (Lipinski definition) is 7. The summed E-state index contributed by atoms with van der Waals surface area (Å²) >= 11 is 1.22. The number of benzene rings is 1. The number of halogens is 1. The highest BCUT2D eigenvalue weighted by Crippen LogP contribution is 2.33. The van der Waals surface area contributed by atoms with Crippen LogP contribution in [0, 0.1) is 5.82 Å². The van der Waals surface area contributed by atoms with Crippen LogP contribution in [0.15, 0.2) is 35.3 Å². The van der Waals surface area contributed by atoms with E-state index in [1.165, 1.54) is 23.5 Å². The molecule has 1 aromatic carbocycles.